The number of rotatable bonds is 5. The molecule has 2 heterocycles. The number of anilines is 1. The fourth-order valence-corrected chi connectivity index (χ4v) is 3.48. The minimum atomic E-state index is -3.87. The van der Waals surface area contributed by atoms with Gasteiger partial charge >= 0.3 is 5.97 Å². The van der Waals surface area contributed by atoms with E-state index in [2.05, 4.69) is 14.9 Å². The molecule has 0 fully saturated rings. The second-order valence-electron chi connectivity index (χ2n) is 3.94. The van der Waals surface area contributed by atoms with Gasteiger partial charge in [0.25, 0.3) is 10.0 Å². The van der Waals surface area contributed by atoms with E-state index in [4.69, 9.17) is 5.11 Å². The number of nitrogens with one attached hydrogen (secondary N) is 1. The molecule has 0 radical (unpaired) electrons. The second-order valence-corrected chi connectivity index (χ2v) is 6.68. The lowest BCUT2D eigenvalue weighted by molar-refractivity contribution is 0.0686. The van der Waals surface area contributed by atoms with Gasteiger partial charge in [-0.15, -0.1) is 10.2 Å². The van der Waals surface area contributed by atoms with Crippen LogP contribution in [0, 0.1) is 0 Å². The van der Waals surface area contributed by atoms with Crippen molar-refractivity contribution in [1.29, 1.82) is 0 Å². The fourth-order valence-electron chi connectivity index (χ4n) is 1.51. The van der Waals surface area contributed by atoms with Gasteiger partial charge in [0.2, 0.25) is 5.13 Å². The standard InChI is InChI=1S/C10H12N4O4S2/c1-3-8-11-12-10(19-8)13-20(17,18)6-4-7(9(15)16)14(2)5-6/h4-5H,3H2,1-2H3,(H,12,13)(H,15,16). The molecule has 0 unspecified atom stereocenters. The lowest BCUT2D eigenvalue weighted by atomic mass is 10.4. The van der Waals surface area contributed by atoms with Crippen LogP contribution >= 0.6 is 11.3 Å². The lowest BCUT2D eigenvalue weighted by Crippen LogP contribution is -2.12. The average molecular weight is 316 g/mol. The van der Waals surface area contributed by atoms with E-state index in [0.717, 1.165) is 17.4 Å². The highest BCUT2D eigenvalue weighted by Crippen LogP contribution is 2.21. The number of aromatic nitrogens is 3. The van der Waals surface area contributed by atoms with E-state index in [1.807, 2.05) is 6.92 Å². The predicted molar refractivity (Wildman–Crippen MR) is 72.5 cm³/mol. The first-order chi connectivity index (χ1) is 9.33. The second kappa shape index (κ2) is 5.21. The van der Waals surface area contributed by atoms with Gasteiger partial charge in [0.15, 0.2) is 0 Å². The number of sulfonamides is 1. The molecule has 108 valence electrons. The van der Waals surface area contributed by atoms with Gasteiger partial charge in [-0.1, -0.05) is 18.3 Å². The topological polar surface area (TPSA) is 114 Å². The van der Waals surface area contributed by atoms with Crippen molar-refractivity contribution < 1.29 is 18.3 Å². The molecule has 2 N–H and O–H groups in total. The summed E-state index contributed by atoms with van der Waals surface area (Å²) >= 11 is 1.14. The Kier molecular flexibility index (Phi) is 3.77. The molecule has 20 heavy (non-hydrogen) atoms. The van der Waals surface area contributed by atoms with Gasteiger partial charge in [-0.2, -0.15) is 0 Å². The number of aryl methyl sites for hydroxylation is 2. The molecule has 2 aromatic rings. The van der Waals surface area contributed by atoms with Crippen LogP contribution in [0.3, 0.4) is 0 Å². The zero-order valence-electron chi connectivity index (χ0n) is 10.7. The summed E-state index contributed by atoms with van der Waals surface area (Å²) in [5, 5.41) is 17.3. The van der Waals surface area contributed by atoms with Crippen LogP contribution in [0.25, 0.3) is 0 Å². The molecule has 0 amide bonds. The maximum atomic E-state index is 12.1. The third-order valence-corrected chi connectivity index (χ3v) is 4.92. The Hall–Kier alpha value is -1.94. The van der Waals surface area contributed by atoms with Crippen molar-refractivity contribution in [2.75, 3.05) is 4.72 Å². The van der Waals surface area contributed by atoms with Crippen LogP contribution in [0.1, 0.15) is 22.4 Å². The van der Waals surface area contributed by atoms with Crippen LogP contribution in [0.15, 0.2) is 17.2 Å². The van der Waals surface area contributed by atoms with E-state index in [-0.39, 0.29) is 15.7 Å². The molecule has 0 saturated carbocycles. The summed E-state index contributed by atoms with van der Waals surface area (Å²) in [7, 11) is -2.41. The molecule has 0 saturated heterocycles. The highest BCUT2D eigenvalue weighted by Gasteiger charge is 2.21. The maximum Gasteiger partial charge on any atom is 0.352 e. The summed E-state index contributed by atoms with van der Waals surface area (Å²) in [6.07, 6.45) is 1.89. The van der Waals surface area contributed by atoms with Crippen LogP contribution < -0.4 is 4.72 Å². The van der Waals surface area contributed by atoms with E-state index >= 15 is 0 Å². The van der Waals surface area contributed by atoms with Gasteiger partial charge in [0.05, 0.1) is 0 Å². The number of aromatic carboxylic acids is 1. The van der Waals surface area contributed by atoms with Crippen LogP contribution in [0.4, 0.5) is 5.13 Å². The van der Waals surface area contributed by atoms with Crippen molar-refractivity contribution in [2.24, 2.45) is 7.05 Å². The van der Waals surface area contributed by atoms with Crippen molar-refractivity contribution in [3.05, 3.63) is 23.0 Å². The third-order valence-electron chi connectivity index (χ3n) is 2.50. The Labute approximate surface area is 119 Å². The Morgan fingerprint density at radius 2 is 2.20 bits per heavy atom. The Morgan fingerprint density at radius 3 is 2.70 bits per heavy atom. The van der Waals surface area contributed by atoms with E-state index in [0.29, 0.717) is 11.4 Å². The first-order valence-corrected chi connectivity index (χ1v) is 7.88. The summed E-state index contributed by atoms with van der Waals surface area (Å²) in [6.45, 7) is 1.88. The summed E-state index contributed by atoms with van der Waals surface area (Å²) in [5.74, 6) is -1.20. The van der Waals surface area contributed by atoms with E-state index in [1.165, 1.54) is 17.8 Å². The zero-order valence-corrected chi connectivity index (χ0v) is 12.3. The van der Waals surface area contributed by atoms with Crippen LogP contribution in [0.5, 0.6) is 0 Å². The highest BCUT2D eigenvalue weighted by molar-refractivity contribution is 7.93. The lowest BCUT2D eigenvalue weighted by Gasteiger charge is -2.00. The Morgan fingerprint density at radius 1 is 1.50 bits per heavy atom. The number of carbonyl (C=O) groups is 1. The number of carboxylic acids is 1. The Balaban J connectivity index is 2.30. The zero-order chi connectivity index (χ0) is 14.9. The summed E-state index contributed by atoms with van der Waals surface area (Å²) < 4.78 is 27.7. The van der Waals surface area contributed by atoms with Crippen molar-refractivity contribution >= 4 is 32.5 Å². The van der Waals surface area contributed by atoms with Gasteiger partial charge in [0, 0.05) is 13.2 Å². The van der Waals surface area contributed by atoms with Crippen LogP contribution in [-0.2, 0) is 23.5 Å². The molecular formula is C10H12N4O4S2. The van der Waals surface area contributed by atoms with E-state index in [9.17, 15) is 13.2 Å². The molecule has 0 aliphatic rings. The summed E-state index contributed by atoms with van der Waals surface area (Å²) in [4.78, 5) is 10.8. The highest BCUT2D eigenvalue weighted by atomic mass is 32.2. The molecule has 2 rings (SSSR count). The van der Waals surface area contributed by atoms with E-state index < -0.39 is 16.0 Å². The van der Waals surface area contributed by atoms with Crippen molar-refractivity contribution in [3.8, 4) is 0 Å². The van der Waals surface area contributed by atoms with Gasteiger partial charge in [-0.05, 0) is 12.5 Å². The van der Waals surface area contributed by atoms with Crippen LogP contribution in [0.2, 0.25) is 0 Å². The van der Waals surface area contributed by atoms with Gasteiger partial charge in [0.1, 0.15) is 15.6 Å². The molecule has 0 bridgehead atoms. The average Bonchev–Trinajstić information content (AvgIpc) is 2.95. The van der Waals surface area contributed by atoms with Crippen molar-refractivity contribution in [3.63, 3.8) is 0 Å². The minimum absolute atomic E-state index is 0.114. The molecular weight excluding hydrogens is 304 g/mol. The van der Waals surface area contributed by atoms with Gasteiger partial charge < -0.3 is 9.67 Å². The monoisotopic (exact) mass is 316 g/mol. The van der Waals surface area contributed by atoms with Crippen LogP contribution in [-0.4, -0.2) is 34.3 Å². The van der Waals surface area contributed by atoms with Gasteiger partial charge in [-0.25, -0.2) is 13.2 Å². The van der Waals surface area contributed by atoms with E-state index in [1.54, 1.807) is 0 Å². The molecule has 10 heteroatoms. The predicted octanol–water partition coefficient (Wildman–Crippen LogP) is 0.938. The van der Waals surface area contributed by atoms with Crippen molar-refractivity contribution in [1.82, 2.24) is 14.8 Å². The smallest absolute Gasteiger partial charge is 0.352 e. The summed E-state index contributed by atoms with van der Waals surface area (Å²) in [5.41, 5.74) is -0.114. The van der Waals surface area contributed by atoms with Gasteiger partial charge in [-0.3, -0.25) is 4.72 Å². The number of carboxylic acid groups (broad SMARTS) is 1. The number of nitrogens with zero attached hydrogens (tertiary/aromatic N) is 3. The molecule has 0 atom stereocenters. The first-order valence-electron chi connectivity index (χ1n) is 5.58. The Bertz CT molecular complexity index is 747. The number of hydrogen-bond donors (Lipinski definition) is 2. The van der Waals surface area contributed by atoms with Crippen molar-refractivity contribution in [2.45, 2.75) is 18.2 Å². The largest absolute Gasteiger partial charge is 0.477 e. The molecule has 0 aliphatic carbocycles. The first kappa shape index (κ1) is 14.5. The summed E-state index contributed by atoms with van der Waals surface area (Å²) in [6, 6.07) is 1.09. The maximum absolute atomic E-state index is 12.1. The fraction of sp³-hybridized carbons (Fsp3) is 0.300. The molecule has 2 aromatic heterocycles. The number of hydrogen-bond acceptors (Lipinski definition) is 6. The molecule has 0 aliphatic heterocycles. The minimum Gasteiger partial charge on any atom is -0.477 e. The molecule has 8 nitrogen and oxygen atoms in total. The third kappa shape index (κ3) is 2.80. The SMILES string of the molecule is CCc1nnc(NS(=O)(=O)c2cc(C(=O)O)n(C)c2)s1. The normalized spacial score (nSPS) is 11.5. The molecule has 0 aromatic carbocycles. The molecule has 0 spiro atoms. The quantitative estimate of drug-likeness (QED) is 0.848.